The van der Waals surface area contributed by atoms with Crippen molar-refractivity contribution in [1.29, 1.82) is 0 Å². The number of nitro groups is 1. The Morgan fingerprint density at radius 2 is 2.22 bits per heavy atom. The molecule has 18 heavy (non-hydrogen) atoms. The van der Waals surface area contributed by atoms with Crippen molar-refractivity contribution in [3.05, 3.63) is 46.1 Å². The summed E-state index contributed by atoms with van der Waals surface area (Å²) in [5, 5.41) is 10.4. The van der Waals surface area contributed by atoms with Crippen molar-refractivity contribution in [2.45, 2.75) is 0 Å². The summed E-state index contributed by atoms with van der Waals surface area (Å²) < 4.78 is 9.91. The van der Waals surface area contributed by atoms with E-state index in [-0.39, 0.29) is 5.88 Å². The summed E-state index contributed by atoms with van der Waals surface area (Å²) in [7, 11) is 1.51. The maximum atomic E-state index is 10.4. The zero-order chi connectivity index (χ0) is 13.0. The van der Waals surface area contributed by atoms with Gasteiger partial charge in [-0.1, -0.05) is 0 Å². The van der Waals surface area contributed by atoms with Gasteiger partial charge in [-0.25, -0.2) is 9.97 Å². The topological polar surface area (TPSA) is 91.3 Å². The summed E-state index contributed by atoms with van der Waals surface area (Å²) in [5.74, 6) is 0.518. The van der Waals surface area contributed by atoms with Crippen LogP contribution in [-0.4, -0.2) is 22.0 Å². The number of aromatic nitrogens is 2. The Hall–Kier alpha value is -2.70. The molecule has 0 aliphatic carbocycles. The molecule has 0 fully saturated rings. The fraction of sp³-hybridized carbons (Fsp3) is 0.0909. The van der Waals surface area contributed by atoms with E-state index in [9.17, 15) is 10.1 Å². The highest BCUT2D eigenvalue weighted by Crippen LogP contribution is 2.17. The van der Waals surface area contributed by atoms with Crippen molar-refractivity contribution < 1.29 is 14.1 Å². The lowest BCUT2D eigenvalue weighted by Gasteiger charge is -1.97. The van der Waals surface area contributed by atoms with Gasteiger partial charge in [-0.2, -0.15) is 0 Å². The zero-order valence-corrected chi connectivity index (χ0v) is 9.44. The lowest BCUT2D eigenvalue weighted by atomic mass is 10.3. The molecule has 2 heterocycles. The van der Waals surface area contributed by atoms with Crippen LogP contribution in [0.3, 0.4) is 0 Å². The monoisotopic (exact) mass is 247 g/mol. The van der Waals surface area contributed by atoms with Gasteiger partial charge >= 0.3 is 5.88 Å². The fourth-order valence-corrected chi connectivity index (χ4v) is 1.25. The average molecular weight is 247 g/mol. The smallest absolute Gasteiger partial charge is 0.433 e. The van der Waals surface area contributed by atoms with Crippen LogP contribution in [0.1, 0.15) is 11.5 Å². The van der Waals surface area contributed by atoms with Gasteiger partial charge in [0.2, 0.25) is 5.88 Å². The minimum absolute atomic E-state index is 0.296. The van der Waals surface area contributed by atoms with Gasteiger partial charge in [0.25, 0.3) is 0 Å². The Kier molecular flexibility index (Phi) is 3.33. The van der Waals surface area contributed by atoms with Gasteiger partial charge in [0.05, 0.1) is 18.9 Å². The van der Waals surface area contributed by atoms with Crippen molar-refractivity contribution in [2.24, 2.45) is 0 Å². The van der Waals surface area contributed by atoms with Crippen LogP contribution in [0, 0.1) is 10.1 Å². The highest BCUT2D eigenvalue weighted by atomic mass is 16.6. The maximum absolute atomic E-state index is 10.4. The number of hydrogen-bond acceptors (Lipinski definition) is 6. The number of nitrogens with zero attached hydrogens (tertiary/aromatic N) is 3. The van der Waals surface area contributed by atoms with Gasteiger partial charge in [-0.05, 0) is 18.2 Å². The zero-order valence-electron chi connectivity index (χ0n) is 9.44. The highest BCUT2D eigenvalue weighted by molar-refractivity contribution is 5.66. The van der Waals surface area contributed by atoms with E-state index < -0.39 is 4.92 Å². The third-order valence-corrected chi connectivity index (χ3v) is 2.08. The summed E-state index contributed by atoms with van der Waals surface area (Å²) in [4.78, 5) is 17.7. The molecule has 0 radical (unpaired) electrons. The molecule has 0 aromatic carbocycles. The van der Waals surface area contributed by atoms with Crippen LogP contribution in [-0.2, 0) is 0 Å². The van der Waals surface area contributed by atoms with E-state index in [0.717, 1.165) is 0 Å². The second kappa shape index (κ2) is 5.09. The van der Waals surface area contributed by atoms with Crippen LogP contribution >= 0.6 is 0 Å². The van der Waals surface area contributed by atoms with E-state index in [2.05, 4.69) is 9.97 Å². The molecular weight excluding hydrogens is 238 g/mol. The molecule has 0 saturated heterocycles. The molecule has 2 rings (SSSR count). The van der Waals surface area contributed by atoms with Crippen molar-refractivity contribution in [3.8, 4) is 5.88 Å². The van der Waals surface area contributed by atoms with Crippen molar-refractivity contribution >= 4 is 18.0 Å². The average Bonchev–Trinajstić information content (AvgIpc) is 2.85. The number of methoxy groups -OCH3 is 1. The summed E-state index contributed by atoms with van der Waals surface area (Å²) in [5.41, 5.74) is 0.612. The number of rotatable bonds is 4. The van der Waals surface area contributed by atoms with Gasteiger partial charge in [0.1, 0.15) is 17.0 Å². The van der Waals surface area contributed by atoms with Crippen LogP contribution in [0.15, 0.2) is 28.9 Å². The molecule has 7 nitrogen and oxygen atoms in total. The van der Waals surface area contributed by atoms with Gasteiger partial charge < -0.3 is 9.15 Å². The second-order valence-electron chi connectivity index (χ2n) is 3.25. The number of ether oxygens (including phenoxy) is 1. The van der Waals surface area contributed by atoms with Gasteiger partial charge in [-0.15, -0.1) is 0 Å². The van der Waals surface area contributed by atoms with E-state index in [1.165, 1.54) is 25.6 Å². The van der Waals surface area contributed by atoms with E-state index in [1.807, 2.05) is 0 Å². The Bertz CT molecular complexity index is 591. The van der Waals surface area contributed by atoms with E-state index in [0.29, 0.717) is 17.3 Å². The number of hydrogen-bond donors (Lipinski definition) is 0. The standard InChI is InChI=1S/C11H9N3O4/c1-17-10-6-8(12-7-13-10)2-3-9-4-5-11(18-9)14(15)16/h2-7H,1H3. The third-order valence-electron chi connectivity index (χ3n) is 2.08. The predicted molar refractivity (Wildman–Crippen MR) is 62.9 cm³/mol. The fourth-order valence-electron chi connectivity index (χ4n) is 1.25. The van der Waals surface area contributed by atoms with Gasteiger partial charge in [-0.3, -0.25) is 10.1 Å². The van der Waals surface area contributed by atoms with Crippen molar-refractivity contribution in [3.63, 3.8) is 0 Å². The summed E-state index contributed by atoms with van der Waals surface area (Å²) in [6, 6.07) is 4.43. The maximum Gasteiger partial charge on any atom is 0.433 e. The molecule has 0 aliphatic rings. The molecule has 0 bridgehead atoms. The molecule has 7 heteroatoms. The lowest BCUT2D eigenvalue weighted by molar-refractivity contribution is -0.402. The van der Waals surface area contributed by atoms with E-state index in [1.54, 1.807) is 18.2 Å². The van der Waals surface area contributed by atoms with Crippen LogP contribution in [0.25, 0.3) is 12.2 Å². The Labute approximate surface area is 102 Å². The van der Waals surface area contributed by atoms with Crippen LogP contribution in [0.5, 0.6) is 5.88 Å². The van der Waals surface area contributed by atoms with E-state index in [4.69, 9.17) is 9.15 Å². The molecule has 0 atom stereocenters. The number of furan rings is 1. The first-order valence-electron chi connectivity index (χ1n) is 4.97. The van der Waals surface area contributed by atoms with Crippen LogP contribution in [0.4, 0.5) is 5.88 Å². The lowest BCUT2D eigenvalue weighted by Crippen LogP contribution is -1.89. The molecular formula is C11H9N3O4. The first-order valence-corrected chi connectivity index (χ1v) is 4.97. The van der Waals surface area contributed by atoms with Crippen LogP contribution < -0.4 is 4.74 Å². The van der Waals surface area contributed by atoms with E-state index >= 15 is 0 Å². The first kappa shape index (κ1) is 11.8. The molecule has 0 saturated carbocycles. The first-order chi connectivity index (χ1) is 8.69. The van der Waals surface area contributed by atoms with Gasteiger partial charge in [0, 0.05) is 6.07 Å². The predicted octanol–water partition coefficient (Wildman–Crippen LogP) is 2.16. The normalized spacial score (nSPS) is 10.7. The highest BCUT2D eigenvalue weighted by Gasteiger charge is 2.09. The Morgan fingerprint density at radius 3 is 2.89 bits per heavy atom. The minimum atomic E-state index is -0.592. The molecule has 92 valence electrons. The Balaban J connectivity index is 2.16. The molecule has 2 aromatic heterocycles. The largest absolute Gasteiger partial charge is 0.481 e. The quantitative estimate of drug-likeness (QED) is 0.607. The van der Waals surface area contributed by atoms with Crippen LogP contribution in [0.2, 0.25) is 0 Å². The third kappa shape index (κ3) is 2.70. The summed E-state index contributed by atoms with van der Waals surface area (Å²) >= 11 is 0. The SMILES string of the molecule is COc1cc(C=Cc2ccc([N+](=O)[O-])o2)ncn1. The molecule has 0 aliphatic heterocycles. The molecule has 0 amide bonds. The summed E-state index contributed by atoms with van der Waals surface area (Å²) in [6.07, 6.45) is 4.59. The van der Waals surface area contributed by atoms with Crippen molar-refractivity contribution in [1.82, 2.24) is 9.97 Å². The molecule has 0 unspecified atom stereocenters. The minimum Gasteiger partial charge on any atom is -0.481 e. The molecule has 0 N–H and O–H groups in total. The van der Waals surface area contributed by atoms with Crippen molar-refractivity contribution in [2.75, 3.05) is 7.11 Å². The molecule has 0 spiro atoms. The summed E-state index contributed by atoms with van der Waals surface area (Å²) in [6.45, 7) is 0. The molecule has 2 aromatic rings. The Morgan fingerprint density at radius 1 is 1.39 bits per heavy atom. The van der Waals surface area contributed by atoms with Gasteiger partial charge in [0.15, 0.2) is 0 Å². The second-order valence-corrected chi connectivity index (χ2v) is 3.25.